The Labute approximate surface area is 131 Å². The number of aliphatic hydroxyl groups is 1. The SMILES string of the molecule is COc1cccc(CC(O)c2cc(Br)c(F)cc2OC)c1. The van der Waals surface area contributed by atoms with E-state index in [4.69, 9.17) is 9.47 Å². The first-order valence-corrected chi connectivity index (χ1v) is 7.18. The van der Waals surface area contributed by atoms with E-state index in [2.05, 4.69) is 15.9 Å². The molecular formula is C16H16BrFO3. The predicted molar refractivity (Wildman–Crippen MR) is 82.3 cm³/mol. The number of ether oxygens (including phenoxy) is 2. The fraction of sp³-hybridized carbons (Fsp3) is 0.250. The summed E-state index contributed by atoms with van der Waals surface area (Å²) in [6.07, 6.45) is -0.421. The Morgan fingerprint density at radius 2 is 1.95 bits per heavy atom. The number of hydrogen-bond acceptors (Lipinski definition) is 3. The molecule has 0 aliphatic rings. The molecule has 2 rings (SSSR count). The Balaban J connectivity index is 2.27. The Kier molecular flexibility index (Phi) is 5.20. The van der Waals surface area contributed by atoms with E-state index < -0.39 is 11.9 Å². The van der Waals surface area contributed by atoms with Crippen LogP contribution in [-0.2, 0) is 6.42 Å². The van der Waals surface area contributed by atoms with E-state index >= 15 is 0 Å². The third-order valence-electron chi connectivity index (χ3n) is 3.19. The lowest BCUT2D eigenvalue weighted by molar-refractivity contribution is 0.173. The molecule has 0 aliphatic heterocycles. The molecular weight excluding hydrogens is 339 g/mol. The average Bonchev–Trinajstić information content (AvgIpc) is 2.49. The summed E-state index contributed by atoms with van der Waals surface area (Å²) in [5.41, 5.74) is 1.46. The molecule has 1 atom stereocenters. The zero-order chi connectivity index (χ0) is 15.4. The van der Waals surface area contributed by atoms with E-state index in [0.717, 1.165) is 11.3 Å². The molecule has 0 aromatic heterocycles. The van der Waals surface area contributed by atoms with Crippen molar-refractivity contribution < 1.29 is 19.0 Å². The van der Waals surface area contributed by atoms with Gasteiger partial charge in [-0.05, 0) is 39.7 Å². The van der Waals surface area contributed by atoms with Crippen LogP contribution in [0.2, 0.25) is 0 Å². The first-order valence-electron chi connectivity index (χ1n) is 6.39. The van der Waals surface area contributed by atoms with E-state index in [0.29, 0.717) is 22.2 Å². The summed E-state index contributed by atoms with van der Waals surface area (Å²) in [5.74, 6) is 0.627. The Bertz CT molecular complexity index is 631. The van der Waals surface area contributed by atoms with Crippen molar-refractivity contribution in [1.82, 2.24) is 0 Å². The molecule has 0 amide bonds. The van der Waals surface area contributed by atoms with Gasteiger partial charge in [0.25, 0.3) is 0 Å². The Morgan fingerprint density at radius 3 is 2.62 bits per heavy atom. The van der Waals surface area contributed by atoms with Crippen molar-refractivity contribution in [2.24, 2.45) is 0 Å². The maximum atomic E-state index is 13.5. The molecule has 0 radical (unpaired) electrons. The minimum atomic E-state index is -0.802. The molecule has 1 N–H and O–H groups in total. The van der Waals surface area contributed by atoms with Gasteiger partial charge in [-0.2, -0.15) is 0 Å². The van der Waals surface area contributed by atoms with E-state index in [-0.39, 0.29) is 0 Å². The van der Waals surface area contributed by atoms with Crippen LogP contribution in [0.3, 0.4) is 0 Å². The van der Waals surface area contributed by atoms with Crippen molar-refractivity contribution in [2.45, 2.75) is 12.5 Å². The average molecular weight is 355 g/mol. The van der Waals surface area contributed by atoms with Crippen LogP contribution < -0.4 is 9.47 Å². The van der Waals surface area contributed by atoms with Crippen LogP contribution in [0.15, 0.2) is 40.9 Å². The highest BCUT2D eigenvalue weighted by molar-refractivity contribution is 9.10. The van der Waals surface area contributed by atoms with Gasteiger partial charge in [0, 0.05) is 18.1 Å². The molecule has 0 bridgehead atoms. The molecule has 21 heavy (non-hydrogen) atoms. The summed E-state index contributed by atoms with van der Waals surface area (Å²) in [6, 6.07) is 10.3. The number of rotatable bonds is 5. The summed E-state index contributed by atoms with van der Waals surface area (Å²) in [5, 5.41) is 10.4. The summed E-state index contributed by atoms with van der Waals surface area (Å²) in [4.78, 5) is 0. The molecule has 0 aliphatic carbocycles. The second-order valence-corrected chi connectivity index (χ2v) is 5.43. The van der Waals surface area contributed by atoms with Crippen molar-refractivity contribution in [2.75, 3.05) is 14.2 Å². The molecule has 5 heteroatoms. The normalized spacial score (nSPS) is 12.0. The molecule has 2 aromatic carbocycles. The maximum absolute atomic E-state index is 13.5. The first kappa shape index (κ1) is 15.8. The molecule has 0 saturated carbocycles. The highest BCUT2D eigenvalue weighted by Gasteiger charge is 2.17. The summed E-state index contributed by atoms with van der Waals surface area (Å²) < 4.78 is 24.1. The molecule has 0 spiro atoms. The van der Waals surface area contributed by atoms with Gasteiger partial charge in [0.15, 0.2) is 0 Å². The van der Waals surface area contributed by atoms with Crippen molar-refractivity contribution in [1.29, 1.82) is 0 Å². The lowest BCUT2D eigenvalue weighted by Crippen LogP contribution is -2.05. The van der Waals surface area contributed by atoms with Crippen molar-refractivity contribution in [3.8, 4) is 11.5 Å². The zero-order valence-electron chi connectivity index (χ0n) is 11.8. The summed E-state index contributed by atoms with van der Waals surface area (Å²) in [7, 11) is 3.04. The highest BCUT2D eigenvalue weighted by Crippen LogP contribution is 2.32. The lowest BCUT2D eigenvalue weighted by Gasteiger charge is -2.16. The van der Waals surface area contributed by atoms with Gasteiger partial charge in [-0.25, -0.2) is 4.39 Å². The first-order chi connectivity index (χ1) is 10.0. The standard InChI is InChI=1S/C16H16BrFO3/c1-20-11-5-3-4-10(6-11)7-15(19)12-8-13(17)14(18)9-16(12)21-2/h3-6,8-9,15,19H,7H2,1-2H3. The van der Waals surface area contributed by atoms with Crippen LogP contribution in [-0.4, -0.2) is 19.3 Å². The van der Waals surface area contributed by atoms with Crippen LogP contribution in [0, 0.1) is 5.82 Å². The lowest BCUT2D eigenvalue weighted by atomic mass is 10.0. The Morgan fingerprint density at radius 1 is 1.19 bits per heavy atom. The van der Waals surface area contributed by atoms with E-state index in [1.54, 1.807) is 13.2 Å². The van der Waals surface area contributed by atoms with Gasteiger partial charge in [0.1, 0.15) is 17.3 Å². The van der Waals surface area contributed by atoms with Crippen molar-refractivity contribution >= 4 is 15.9 Å². The van der Waals surface area contributed by atoms with E-state index in [1.165, 1.54) is 13.2 Å². The maximum Gasteiger partial charge on any atom is 0.141 e. The quantitative estimate of drug-likeness (QED) is 0.885. The Hall–Kier alpha value is -1.59. The van der Waals surface area contributed by atoms with Gasteiger partial charge < -0.3 is 14.6 Å². The van der Waals surface area contributed by atoms with Gasteiger partial charge in [-0.1, -0.05) is 12.1 Å². The largest absolute Gasteiger partial charge is 0.497 e. The third-order valence-corrected chi connectivity index (χ3v) is 3.80. The molecule has 3 nitrogen and oxygen atoms in total. The smallest absolute Gasteiger partial charge is 0.141 e. The molecule has 1 unspecified atom stereocenters. The third kappa shape index (κ3) is 3.74. The topological polar surface area (TPSA) is 38.7 Å². The van der Waals surface area contributed by atoms with E-state index in [9.17, 15) is 9.50 Å². The van der Waals surface area contributed by atoms with Crippen LogP contribution in [0.1, 0.15) is 17.2 Å². The number of methoxy groups -OCH3 is 2. The number of hydrogen-bond donors (Lipinski definition) is 1. The molecule has 112 valence electrons. The summed E-state index contributed by atoms with van der Waals surface area (Å²) >= 11 is 3.12. The number of benzene rings is 2. The minimum Gasteiger partial charge on any atom is -0.497 e. The molecule has 2 aromatic rings. The highest BCUT2D eigenvalue weighted by atomic mass is 79.9. The van der Waals surface area contributed by atoms with Crippen molar-refractivity contribution in [3.63, 3.8) is 0 Å². The second-order valence-electron chi connectivity index (χ2n) is 4.58. The van der Waals surface area contributed by atoms with Gasteiger partial charge in [-0.15, -0.1) is 0 Å². The fourth-order valence-corrected chi connectivity index (χ4v) is 2.47. The van der Waals surface area contributed by atoms with Gasteiger partial charge in [0.2, 0.25) is 0 Å². The molecule has 0 saturated heterocycles. The van der Waals surface area contributed by atoms with Crippen LogP contribution in [0.4, 0.5) is 4.39 Å². The van der Waals surface area contributed by atoms with Crippen molar-refractivity contribution in [3.05, 3.63) is 57.8 Å². The zero-order valence-corrected chi connectivity index (χ0v) is 13.4. The molecule has 0 heterocycles. The van der Waals surface area contributed by atoms with Gasteiger partial charge in [0.05, 0.1) is 24.8 Å². The predicted octanol–water partition coefficient (Wildman–Crippen LogP) is 3.88. The summed E-state index contributed by atoms with van der Waals surface area (Å²) in [6.45, 7) is 0. The minimum absolute atomic E-state index is 0.294. The number of halogens is 2. The fourth-order valence-electron chi connectivity index (χ4n) is 2.11. The van der Waals surface area contributed by atoms with Gasteiger partial charge >= 0.3 is 0 Å². The van der Waals surface area contributed by atoms with Gasteiger partial charge in [-0.3, -0.25) is 0 Å². The number of aliphatic hydroxyl groups excluding tert-OH is 1. The van der Waals surface area contributed by atoms with Crippen LogP contribution in [0.25, 0.3) is 0 Å². The molecule has 0 fully saturated rings. The van der Waals surface area contributed by atoms with Crippen LogP contribution in [0.5, 0.6) is 11.5 Å². The van der Waals surface area contributed by atoms with E-state index in [1.807, 2.05) is 24.3 Å². The second kappa shape index (κ2) is 6.91. The van der Waals surface area contributed by atoms with Crippen LogP contribution >= 0.6 is 15.9 Å². The monoisotopic (exact) mass is 354 g/mol.